The van der Waals surface area contributed by atoms with Crippen molar-refractivity contribution in [1.29, 1.82) is 0 Å². The van der Waals surface area contributed by atoms with Crippen molar-refractivity contribution in [2.75, 3.05) is 16.8 Å². The Kier molecular flexibility index (Phi) is 4.40. The normalized spacial score (nSPS) is 17.0. The summed E-state index contributed by atoms with van der Waals surface area (Å²) in [5.41, 5.74) is 1.04. The minimum Gasteiger partial charge on any atom is -0.305 e. The second kappa shape index (κ2) is 6.30. The highest BCUT2D eigenvalue weighted by molar-refractivity contribution is 9.10. The lowest BCUT2D eigenvalue weighted by Crippen LogP contribution is -2.41. The van der Waals surface area contributed by atoms with E-state index < -0.39 is 5.82 Å². The zero-order valence-electron chi connectivity index (χ0n) is 11.8. The van der Waals surface area contributed by atoms with E-state index in [2.05, 4.69) is 28.2 Å². The van der Waals surface area contributed by atoms with Crippen molar-refractivity contribution in [3.05, 3.63) is 52.8 Å². The van der Waals surface area contributed by atoms with Gasteiger partial charge in [-0.1, -0.05) is 35.0 Å². The monoisotopic (exact) mass is 380 g/mol. The maximum Gasteiger partial charge on any atom is 0.326 e. The molecule has 22 heavy (non-hydrogen) atoms. The smallest absolute Gasteiger partial charge is 0.305 e. The van der Waals surface area contributed by atoms with Crippen LogP contribution in [0, 0.1) is 5.82 Å². The van der Waals surface area contributed by atoms with Crippen LogP contribution >= 0.6 is 27.7 Å². The first kappa shape index (κ1) is 15.4. The lowest BCUT2D eigenvalue weighted by molar-refractivity contribution is 0.256. The Labute approximate surface area is 141 Å². The van der Waals surface area contributed by atoms with Crippen molar-refractivity contribution >= 4 is 45.1 Å². The number of carbonyl (C=O) groups is 1. The Balaban J connectivity index is 1.86. The van der Waals surface area contributed by atoms with Crippen LogP contribution < -0.4 is 10.2 Å². The molecule has 0 fully saturated rings. The SMILES string of the molecule is CC1CN(C(=O)Nc2ccc(Br)cc2F)c2ccccc2S1. The molecule has 2 aromatic carbocycles. The molecule has 0 aromatic heterocycles. The standard InChI is InChI=1S/C16H14BrFN2OS/c1-10-9-20(14-4-2-3-5-15(14)22-10)16(21)19-13-7-6-11(17)8-12(13)18/h2-8,10H,9H2,1H3,(H,19,21). The van der Waals surface area contributed by atoms with E-state index in [0.29, 0.717) is 11.0 Å². The summed E-state index contributed by atoms with van der Waals surface area (Å²) in [6.07, 6.45) is 0. The molecule has 1 aliphatic heterocycles. The molecule has 1 aliphatic rings. The Morgan fingerprint density at radius 3 is 2.91 bits per heavy atom. The van der Waals surface area contributed by atoms with Gasteiger partial charge in [0.15, 0.2) is 0 Å². The second-order valence-electron chi connectivity index (χ2n) is 5.06. The molecule has 0 radical (unpaired) electrons. The van der Waals surface area contributed by atoms with Crippen molar-refractivity contribution in [3.63, 3.8) is 0 Å². The summed E-state index contributed by atoms with van der Waals surface area (Å²) in [5.74, 6) is -0.463. The van der Waals surface area contributed by atoms with Gasteiger partial charge < -0.3 is 5.32 Å². The molecule has 0 spiro atoms. The van der Waals surface area contributed by atoms with E-state index in [4.69, 9.17) is 0 Å². The molecule has 0 aliphatic carbocycles. The minimum absolute atomic E-state index is 0.177. The number of amides is 2. The summed E-state index contributed by atoms with van der Waals surface area (Å²) >= 11 is 4.94. The van der Waals surface area contributed by atoms with Gasteiger partial charge in [0.25, 0.3) is 0 Å². The molecule has 6 heteroatoms. The van der Waals surface area contributed by atoms with Crippen molar-refractivity contribution < 1.29 is 9.18 Å². The van der Waals surface area contributed by atoms with Gasteiger partial charge in [0.05, 0.1) is 11.4 Å². The number of halogens is 2. The van der Waals surface area contributed by atoms with Crippen LogP contribution in [0.5, 0.6) is 0 Å². The zero-order valence-corrected chi connectivity index (χ0v) is 14.2. The molecule has 0 saturated carbocycles. The molecule has 0 saturated heterocycles. The number of para-hydroxylation sites is 1. The van der Waals surface area contributed by atoms with E-state index in [1.165, 1.54) is 6.07 Å². The molecule has 2 aromatic rings. The summed E-state index contributed by atoms with van der Waals surface area (Å²) in [6, 6.07) is 12.0. The van der Waals surface area contributed by atoms with Crippen molar-refractivity contribution in [3.8, 4) is 0 Å². The summed E-state index contributed by atoms with van der Waals surface area (Å²) in [5, 5.41) is 2.94. The van der Waals surface area contributed by atoms with Crippen LogP contribution in [-0.4, -0.2) is 17.8 Å². The molecule has 0 bridgehead atoms. The predicted molar refractivity (Wildman–Crippen MR) is 92.2 cm³/mol. The third-order valence-electron chi connectivity index (χ3n) is 3.34. The fourth-order valence-electron chi connectivity index (χ4n) is 2.36. The average Bonchev–Trinajstić information content (AvgIpc) is 2.49. The van der Waals surface area contributed by atoms with Crippen LogP contribution in [0.1, 0.15) is 6.92 Å². The first-order chi connectivity index (χ1) is 10.5. The van der Waals surface area contributed by atoms with Crippen molar-refractivity contribution in [2.24, 2.45) is 0 Å². The van der Waals surface area contributed by atoms with E-state index in [9.17, 15) is 9.18 Å². The number of rotatable bonds is 1. The van der Waals surface area contributed by atoms with Crippen LogP contribution in [0.4, 0.5) is 20.6 Å². The van der Waals surface area contributed by atoms with Gasteiger partial charge in [-0.2, -0.15) is 0 Å². The zero-order chi connectivity index (χ0) is 15.7. The van der Waals surface area contributed by atoms with Gasteiger partial charge in [-0.3, -0.25) is 4.90 Å². The van der Waals surface area contributed by atoms with Gasteiger partial charge in [0.1, 0.15) is 5.82 Å². The third-order valence-corrected chi connectivity index (χ3v) is 4.99. The van der Waals surface area contributed by atoms with Gasteiger partial charge >= 0.3 is 6.03 Å². The number of nitrogens with zero attached hydrogens (tertiary/aromatic N) is 1. The Morgan fingerprint density at radius 1 is 1.36 bits per heavy atom. The van der Waals surface area contributed by atoms with E-state index in [0.717, 1.165) is 10.6 Å². The quantitative estimate of drug-likeness (QED) is 0.744. The number of hydrogen-bond acceptors (Lipinski definition) is 2. The fourth-order valence-corrected chi connectivity index (χ4v) is 3.80. The molecule has 3 rings (SSSR count). The van der Waals surface area contributed by atoms with E-state index in [-0.39, 0.29) is 17.0 Å². The topological polar surface area (TPSA) is 32.3 Å². The number of carbonyl (C=O) groups excluding carboxylic acids is 1. The molecule has 2 amide bonds. The number of fused-ring (bicyclic) bond motifs is 1. The summed E-state index contributed by atoms with van der Waals surface area (Å²) in [6.45, 7) is 2.66. The number of nitrogens with one attached hydrogen (secondary N) is 1. The number of urea groups is 1. The number of benzene rings is 2. The van der Waals surface area contributed by atoms with Crippen LogP contribution in [0.15, 0.2) is 51.8 Å². The largest absolute Gasteiger partial charge is 0.326 e. The van der Waals surface area contributed by atoms with Crippen LogP contribution in [0.3, 0.4) is 0 Å². The number of anilines is 2. The highest BCUT2D eigenvalue weighted by atomic mass is 79.9. The van der Waals surface area contributed by atoms with Gasteiger partial charge in [-0.15, -0.1) is 11.8 Å². The summed E-state index contributed by atoms with van der Waals surface area (Å²) < 4.78 is 14.5. The lowest BCUT2D eigenvalue weighted by atomic mass is 10.2. The van der Waals surface area contributed by atoms with Gasteiger partial charge in [0, 0.05) is 21.2 Å². The molecule has 114 valence electrons. The molecule has 3 nitrogen and oxygen atoms in total. The summed E-state index contributed by atoms with van der Waals surface area (Å²) in [4.78, 5) is 15.3. The van der Waals surface area contributed by atoms with E-state index in [1.54, 1.807) is 28.8 Å². The lowest BCUT2D eigenvalue weighted by Gasteiger charge is -2.32. The number of hydrogen-bond donors (Lipinski definition) is 1. The number of thioether (sulfide) groups is 1. The minimum atomic E-state index is -0.463. The average molecular weight is 381 g/mol. The Bertz CT molecular complexity index is 725. The molecule has 1 heterocycles. The molecule has 1 atom stereocenters. The maximum absolute atomic E-state index is 13.9. The van der Waals surface area contributed by atoms with Crippen molar-refractivity contribution in [2.45, 2.75) is 17.1 Å². The summed E-state index contributed by atoms with van der Waals surface area (Å²) in [7, 11) is 0. The maximum atomic E-state index is 13.9. The van der Waals surface area contributed by atoms with Gasteiger partial charge in [0.2, 0.25) is 0 Å². The van der Waals surface area contributed by atoms with Gasteiger partial charge in [-0.05, 0) is 30.3 Å². The second-order valence-corrected chi connectivity index (χ2v) is 7.46. The molecule has 1 unspecified atom stereocenters. The van der Waals surface area contributed by atoms with E-state index >= 15 is 0 Å². The van der Waals surface area contributed by atoms with Crippen LogP contribution in [0.2, 0.25) is 0 Å². The predicted octanol–water partition coefficient (Wildman–Crippen LogP) is 5.12. The van der Waals surface area contributed by atoms with Crippen LogP contribution in [-0.2, 0) is 0 Å². The third kappa shape index (κ3) is 3.13. The van der Waals surface area contributed by atoms with E-state index in [1.807, 2.05) is 24.3 Å². The van der Waals surface area contributed by atoms with Gasteiger partial charge in [-0.25, -0.2) is 9.18 Å². The molecular formula is C16H14BrFN2OS. The first-order valence-electron chi connectivity index (χ1n) is 6.84. The van der Waals surface area contributed by atoms with Crippen LogP contribution in [0.25, 0.3) is 0 Å². The van der Waals surface area contributed by atoms with Crippen molar-refractivity contribution in [1.82, 2.24) is 0 Å². The highest BCUT2D eigenvalue weighted by Crippen LogP contribution is 2.38. The Hall–Kier alpha value is -1.53. The fraction of sp³-hybridized carbons (Fsp3) is 0.188. The highest BCUT2D eigenvalue weighted by Gasteiger charge is 2.27. The first-order valence-corrected chi connectivity index (χ1v) is 8.51. The molecular weight excluding hydrogens is 367 g/mol. The molecule has 1 N–H and O–H groups in total. The Morgan fingerprint density at radius 2 is 2.14 bits per heavy atom.